The van der Waals surface area contributed by atoms with Gasteiger partial charge in [-0.25, -0.2) is 0 Å². The number of nitrogens with zero attached hydrogens (tertiary/aromatic N) is 2. The van der Waals surface area contributed by atoms with Crippen LogP contribution in [0.5, 0.6) is 5.75 Å². The van der Waals surface area contributed by atoms with Gasteiger partial charge in [0.2, 0.25) is 5.89 Å². The number of aromatic nitrogens is 2. The summed E-state index contributed by atoms with van der Waals surface area (Å²) in [5.74, 6) is 0.670. The van der Waals surface area contributed by atoms with Crippen LogP contribution in [0.15, 0.2) is 28.7 Å². The Labute approximate surface area is 116 Å². The van der Waals surface area contributed by atoms with E-state index in [0.29, 0.717) is 11.6 Å². The van der Waals surface area contributed by atoms with Crippen molar-refractivity contribution in [2.24, 2.45) is 0 Å². The van der Waals surface area contributed by atoms with E-state index in [4.69, 9.17) is 9.15 Å². The maximum atomic E-state index is 11.6. The van der Waals surface area contributed by atoms with E-state index in [2.05, 4.69) is 20.8 Å². The number of carbonyl (C=O) groups excluding carboxylic acids is 1. The van der Waals surface area contributed by atoms with Crippen molar-refractivity contribution in [3.8, 4) is 5.75 Å². The van der Waals surface area contributed by atoms with Gasteiger partial charge in [-0.15, -0.1) is 5.10 Å². The average Bonchev–Trinajstić information content (AvgIpc) is 2.83. The zero-order valence-corrected chi connectivity index (χ0v) is 11.3. The molecule has 1 heterocycles. The number of benzene rings is 1. The third-order valence-corrected chi connectivity index (χ3v) is 2.42. The van der Waals surface area contributed by atoms with Gasteiger partial charge < -0.3 is 14.5 Å². The highest BCUT2D eigenvalue weighted by molar-refractivity contribution is 5.89. The van der Waals surface area contributed by atoms with Crippen molar-refractivity contribution in [2.45, 2.75) is 13.5 Å². The van der Waals surface area contributed by atoms with Crippen molar-refractivity contribution >= 4 is 11.9 Å². The van der Waals surface area contributed by atoms with Gasteiger partial charge in [0.05, 0.1) is 0 Å². The molecule has 0 fully saturated rings. The van der Waals surface area contributed by atoms with Crippen LogP contribution in [0.2, 0.25) is 0 Å². The van der Waals surface area contributed by atoms with Gasteiger partial charge >= 0.3 is 6.01 Å². The summed E-state index contributed by atoms with van der Waals surface area (Å²) in [5, 5.41) is 12.8. The SMILES string of the molecule is CNCc1cccc(OCC(=O)Nc2nnc(C)o2)c1. The van der Waals surface area contributed by atoms with Crippen LogP contribution in [0.25, 0.3) is 0 Å². The van der Waals surface area contributed by atoms with Gasteiger partial charge in [-0.2, -0.15) is 0 Å². The molecule has 0 atom stereocenters. The van der Waals surface area contributed by atoms with Crippen LogP contribution in [0.4, 0.5) is 6.01 Å². The molecule has 0 aliphatic carbocycles. The zero-order valence-electron chi connectivity index (χ0n) is 11.3. The lowest BCUT2D eigenvalue weighted by Crippen LogP contribution is -2.20. The minimum absolute atomic E-state index is 0.0695. The Hall–Kier alpha value is -2.41. The number of aryl methyl sites for hydroxylation is 1. The van der Waals surface area contributed by atoms with E-state index in [1.54, 1.807) is 13.0 Å². The van der Waals surface area contributed by atoms with Crippen molar-refractivity contribution < 1.29 is 13.9 Å². The Bertz CT molecular complexity index is 583. The molecule has 2 rings (SSSR count). The van der Waals surface area contributed by atoms with Crippen molar-refractivity contribution in [3.05, 3.63) is 35.7 Å². The topological polar surface area (TPSA) is 89.3 Å². The maximum absolute atomic E-state index is 11.6. The van der Waals surface area contributed by atoms with E-state index in [9.17, 15) is 4.79 Å². The molecule has 0 saturated heterocycles. The van der Waals surface area contributed by atoms with Crippen molar-refractivity contribution in [2.75, 3.05) is 19.0 Å². The molecule has 1 amide bonds. The first-order valence-electron chi connectivity index (χ1n) is 6.13. The standard InChI is InChI=1S/C13H16N4O3/c1-9-16-17-13(20-9)15-12(18)8-19-11-5-3-4-10(6-11)7-14-2/h3-6,14H,7-8H2,1-2H3,(H,15,17,18). The average molecular weight is 276 g/mol. The summed E-state index contributed by atoms with van der Waals surface area (Å²) in [6, 6.07) is 7.59. The molecule has 106 valence electrons. The third-order valence-electron chi connectivity index (χ3n) is 2.42. The second-order valence-corrected chi connectivity index (χ2v) is 4.14. The minimum Gasteiger partial charge on any atom is -0.484 e. The highest BCUT2D eigenvalue weighted by Crippen LogP contribution is 2.13. The van der Waals surface area contributed by atoms with E-state index >= 15 is 0 Å². The summed E-state index contributed by atoms with van der Waals surface area (Å²) in [4.78, 5) is 11.6. The fourth-order valence-electron chi connectivity index (χ4n) is 1.60. The monoisotopic (exact) mass is 276 g/mol. The lowest BCUT2D eigenvalue weighted by Gasteiger charge is -2.07. The lowest BCUT2D eigenvalue weighted by molar-refractivity contribution is -0.118. The molecule has 0 saturated carbocycles. The zero-order chi connectivity index (χ0) is 14.4. The predicted octanol–water partition coefficient (Wildman–Crippen LogP) is 1.11. The number of rotatable bonds is 6. The van der Waals surface area contributed by atoms with E-state index in [0.717, 1.165) is 12.1 Å². The lowest BCUT2D eigenvalue weighted by atomic mass is 10.2. The molecule has 7 nitrogen and oxygen atoms in total. The number of hydrogen-bond donors (Lipinski definition) is 2. The van der Waals surface area contributed by atoms with Crippen LogP contribution >= 0.6 is 0 Å². The van der Waals surface area contributed by atoms with Gasteiger partial charge in [0, 0.05) is 13.5 Å². The van der Waals surface area contributed by atoms with Gasteiger partial charge in [0.1, 0.15) is 5.75 Å². The summed E-state index contributed by atoms with van der Waals surface area (Å²) in [6.07, 6.45) is 0. The third kappa shape index (κ3) is 4.06. The van der Waals surface area contributed by atoms with Crippen molar-refractivity contribution in [1.82, 2.24) is 15.5 Å². The predicted molar refractivity (Wildman–Crippen MR) is 72.4 cm³/mol. The molecule has 0 spiro atoms. The Morgan fingerprint density at radius 3 is 2.95 bits per heavy atom. The van der Waals surface area contributed by atoms with Gasteiger partial charge in [-0.05, 0) is 24.7 Å². The number of amides is 1. The van der Waals surface area contributed by atoms with Gasteiger partial charge in [0.15, 0.2) is 6.61 Å². The molecule has 0 bridgehead atoms. The smallest absolute Gasteiger partial charge is 0.322 e. The largest absolute Gasteiger partial charge is 0.484 e. The molecule has 1 aromatic carbocycles. The second kappa shape index (κ2) is 6.67. The van der Waals surface area contributed by atoms with Crippen LogP contribution in [0.3, 0.4) is 0 Å². The Kier molecular flexibility index (Phi) is 4.67. The van der Waals surface area contributed by atoms with E-state index < -0.39 is 0 Å². The fraction of sp³-hybridized carbons (Fsp3) is 0.308. The van der Waals surface area contributed by atoms with Crippen LogP contribution in [0.1, 0.15) is 11.5 Å². The molecule has 0 unspecified atom stereocenters. The summed E-state index contributed by atoms with van der Waals surface area (Å²) in [7, 11) is 1.87. The van der Waals surface area contributed by atoms with E-state index in [-0.39, 0.29) is 18.5 Å². The molecule has 0 aliphatic heterocycles. The second-order valence-electron chi connectivity index (χ2n) is 4.14. The first kappa shape index (κ1) is 14.0. The first-order valence-corrected chi connectivity index (χ1v) is 6.13. The molecule has 1 aromatic heterocycles. The number of hydrogen-bond acceptors (Lipinski definition) is 6. The minimum atomic E-state index is -0.354. The quantitative estimate of drug-likeness (QED) is 0.821. The molecule has 0 aliphatic rings. The van der Waals surface area contributed by atoms with Crippen LogP contribution in [-0.4, -0.2) is 29.8 Å². The Morgan fingerprint density at radius 1 is 1.40 bits per heavy atom. The number of carbonyl (C=O) groups is 1. The van der Waals surface area contributed by atoms with Crippen LogP contribution < -0.4 is 15.4 Å². The summed E-state index contributed by atoms with van der Waals surface area (Å²) in [6.45, 7) is 2.27. The molecule has 0 radical (unpaired) electrons. The molecular weight excluding hydrogens is 260 g/mol. The van der Waals surface area contributed by atoms with Crippen molar-refractivity contribution in [1.29, 1.82) is 0 Å². The molecule has 2 N–H and O–H groups in total. The maximum Gasteiger partial charge on any atom is 0.322 e. The van der Waals surface area contributed by atoms with E-state index in [1.165, 1.54) is 0 Å². The molecule has 2 aromatic rings. The molecule has 7 heteroatoms. The number of ether oxygens (including phenoxy) is 1. The van der Waals surface area contributed by atoms with E-state index in [1.807, 2.05) is 25.2 Å². The normalized spacial score (nSPS) is 10.3. The first-order chi connectivity index (χ1) is 9.67. The highest BCUT2D eigenvalue weighted by Gasteiger charge is 2.08. The Balaban J connectivity index is 1.85. The Morgan fingerprint density at radius 2 is 2.25 bits per heavy atom. The summed E-state index contributed by atoms with van der Waals surface area (Å²) >= 11 is 0. The van der Waals surface area contributed by atoms with Gasteiger partial charge in [-0.3, -0.25) is 10.1 Å². The number of nitrogens with one attached hydrogen (secondary N) is 2. The molecular formula is C13H16N4O3. The highest BCUT2D eigenvalue weighted by atomic mass is 16.5. The van der Waals surface area contributed by atoms with Gasteiger partial charge in [0.25, 0.3) is 5.91 Å². The van der Waals surface area contributed by atoms with Gasteiger partial charge in [-0.1, -0.05) is 17.2 Å². The molecule has 20 heavy (non-hydrogen) atoms. The van der Waals surface area contributed by atoms with Crippen LogP contribution in [0, 0.1) is 6.92 Å². The fourth-order valence-corrected chi connectivity index (χ4v) is 1.60. The summed E-state index contributed by atoms with van der Waals surface area (Å²) in [5.41, 5.74) is 1.08. The number of anilines is 1. The summed E-state index contributed by atoms with van der Waals surface area (Å²) < 4.78 is 10.4. The van der Waals surface area contributed by atoms with Crippen LogP contribution in [-0.2, 0) is 11.3 Å². The van der Waals surface area contributed by atoms with Crippen molar-refractivity contribution in [3.63, 3.8) is 0 Å².